The van der Waals surface area contributed by atoms with E-state index in [1.807, 2.05) is 20.8 Å². The van der Waals surface area contributed by atoms with Crippen LogP contribution in [0.1, 0.15) is 40.0 Å². The largest absolute Gasteiger partial charge is 0.461 e. The van der Waals surface area contributed by atoms with Gasteiger partial charge in [-0.1, -0.05) is 0 Å². The van der Waals surface area contributed by atoms with E-state index >= 15 is 0 Å². The Labute approximate surface area is 125 Å². The van der Waals surface area contributed by atoms with Crippen molar-refractivity contribution in [1.29, 1.82) is 0 Å². The minimum Gasteiger partial charge on any atom is -0.461 e. The number of ether oxygens (including phenoxy) is 2. The van der Waals surface area contributed by atoms with Crippen molar-refractivity contribution >= 4 is 6.09 Å². The van der Waals surface area contributed by atoms with Gasteiger partial charge in [-0.05, 0) is 46.1 Å². The van der Waals surface area contributed by atoms with E-state index in [9.17, 15) is 4.79 Å². The van der Waals surface area contributed by atoms with E-state index in [0.717, 1.165) is 19.3 Å². The first-order valence-corrected chi connectivity index (χ1v) is 7.35. The summed E-state index contributed by atoms with van der Waals surface area (Å²) in [5, 5.41) is 0. The summed E-state index contributed by atoms with van der Waals surface area (Å²) in [5.41, 5.74) is -0.484. The van der Waals surface area contributed by atoms with Gasteiger partial charge < -0.3 is 14.4 Å². The summed E-state index contributed by atoms with van der Waals surface area (Å²) in [5.74, 6) is 0. The summed E-state index contributed by atoms with van der Waals surface area (Å²) in [4.78, 5) is 22.1. The molecule has 1 aliphatic rings. The summed E-state index contributed by atoms with van der Waals surface area (Å²) in [7, 11) is 0. The summed E-state index contributed by atoms with van der Waals surface area (Å²) >= 11 is 0. The van der Waals surface area contributed by atoms with Gasteiger partial charge in [-0.3, -0.25) is 0 Å². The molecule has 0 saturated carbocycles. The van der Waals surface area contributed by atoms with Gasteiger partial charge in [0.15, 0.2) is 0 Å². The van der Waals surface area contributed by atoms with Crippen LogP contribution in [0, 0.1) is 0 Å². The molecule has 0 aromatic carbocycles. The molecule has 0 spiro atoms. The van der Waals surface area contributed by atoms with Crippen LogP contribution < -0.4 is 4.74 Å². The highest BCUT2D eigenvalue weighted by Crippen LogP contribution is 2.20. The second-order valence-electron chi connectivity index (χ2n) is 6.17. The molecule has 21 heavy (non-hydrogen) atoms. The molecule has 1 aromatic rings. The van der Waals surface area contributed by atoms with Gasteiger partial charge in [-0.2, -0.15) is 0 Å². The molecule has 1 unspecified atom stereocenters. The SMILES string of the molecule is CC(C)(C)OC(=O)N1CCCCC1COc1ncccn1. The van der Waals surface area contributed by atoms with Crippen molar-refractivity contribution in [3.8, 4) is 6.01 Å². The molecule has 1 aliphatic heterocycles. The summed E-state index contributed by atoms with van der Waals surface area (Å²) in [6.45, 7) is 6.72. The number of hydrogen-bond acceptors (Lipinski definition) is 5. The van der Waals surface area contributed by atoms with E-state index in [4.69, 9.17) is 9.47 Å². The number of amides is 1. The van der Waals surface area contributed by atoms with E-state index in [0.29, 0.717) is 19.2 Å². The van der Waals surface area contributed by atoms with Gasteiger partial charge in [0.1, 0.15) is 12.2 Å². The fraction of sp³-hybridized carbons (Fsp3) is 0.667. The third kappa shape index (κ3) is 4.88. The van der Waals surface area contributed by atoms with Crippen LogP contribution in [0.5, 0.6) is 6.01 Å². The molecule has 0 bridgehead atoms. The van der Waals surface area contributed by atoms with Crippen LogP contribution in [-0.2, 0) is 4.74 Å². The summed E-state index contributed by atoms with van der Waals surface area (Å²) < 4.78 is 11.0. The lowest BCUT2D eigenvalue weighted by Crippen LogP contribution is -2.48. The molecule has 2 rings (SSSR count). The van der Waals surface area contributed by atoms with Crippen LogP contribution in [0.4, 0.5) is 4.79 Å². The third-order valence-electron chi connectivity index (χ3n) is 3.20. The molecular formula is C15H23N3O3. The van der Waals surface area contributed by atoms with Gasteiger partial charge in [-0.25, -0.2) is 14.8 Å². The number of carbonyl (C=O) groups is 1. The minimum absolute atomic E-state index is 0.0115. The number of likely N-dealkylation sites (tertiary alicyclic amines) is 1. The van der Waals surface area contributed by atoms with Gasteiger partial charge in [-0.15, -0.1) is 0 Å². The van der Waals surface area contributed by atoms with Gasteiger partial charge in [0, 0.05) is 18.9 Å². The Morgan fingerprint density at radius 1 is 1.33 bits per heavy atom. The Balaban J connectivity index is 1.94. The zero-order valence-electron chi connectivity index (χ0n) is 12.9. The third-order valence-corrected chi connectivity index (χ3v) is 3.20. The molecule has 0 N–H and O–H groups in total. The lowest BCUT2D eigenvalue weighted by Gasteiger charge is -2.36. The fourth-order valence-electron chi connectivity index (χ4n) is 2.27. The Bertz CT molecular complexity index is 459. The first-order chi connectivity index (χ1) is 9.96. The van der Waals surface area contributed by atoms with Crippen molar-refractivity contribution in [3.05, 3.63) is 18.5 Å². The van der Waals surface area contributed by atoms with Crippen LogP contribution in [-0.4, -0.2) is 45.8 Å². The average molecular weight is 293 g/mol. The number of aromatic nitrogens is 2. The van der Waals surface area contributed by atoms with Crippen LogP contribution in [0.25, 0.3) is 0 Å². The second kappa shape index (κ2) is 6.74. The normalized spacial score (nSPS) is 19.2. The summed E-state index contributed by atoms with van der Waals surface area (Å²) in [6, 6.07) is 2.09. The molecule has 0 aliphatic carbocycles. The predicted octanol–water partition coefficient (Wildman–Crippen LogP) is 2.65. The quantitative estimate of drug-likeness (QED) is 0.857. The Kier molecular flexibility index (Phi) is 4.98. The molecular weight excluding hydrogens is 270 g/mol. The number of nitrogens with zero attached hydrogens (tertiary/aromatic N) is 3. The highest BCUT2D eigenvalue weighted by Gasteiger charge is 2.30. The number of carbonyl (C=O) groups excluding carboxylic acids is 1. The average Bonchev–Trinajstić information content (AvgIpc) is 2.45. The van der Waals surface area contributed by atoms with E-state index in [-0.39, 0.29) is 12.1 Å². The lowest BCUT2D eigenvalue weighted by atomic mass is 10.0. The molecule has 6 nitrogen and oxygen atoms in total. The molecule has 2 heterocycles. The summed E-state index contributed by atoms with van der Waals surface area (Å²) in [6.07, 6.45) is 5.99. The van der Waals surface area contributed by atoms with E-state index in [2.05, 4.69) is 9.97 Å². The van der Waals surface area contributed by atoms with E-state index < -0.39 is 5.60 Å². The smallest absolute Gasteiger partial charge is 0.410 e. The van der Waals surface area contributed by atoms with Crippen molar-refractivity contribution in [2.45, 2.75) is 51.7 Å². The highest BCUT2D eigenvalue weighted by molar-refractivity contribution is 5.68. The molecule has 1 amide bonds. The molecule has 0 radical (unpaired) electrons. The van der Waals surface area contributed by atoms with Crippen LogP contribution >= 0.6 is 0 Å². The molecule has 6 heteroatoms. The van der Waals surface area contributed by atoms with Crippen molar-refractivity contribution < 1.29 is 14.3 Å². The first kappa shape index (κ1) is 15.5. The van der Waals surface area contributed by atoms with Gasteiger partial charge in [0.05, 0.1) is 6.04 Å². The zero-order valence-corrected chi connectivity index (χ0v) is 12.9. The minimum atomic E-state index is -0.484. The van der Waals surface area contributed by atoms with Gasteiger partial charge >= 0.3 is 12.1 Å². The maximum absolute atomic E-state index is 12.3. The first-order valence-electron chi connectivity index (χ1n) is 7.35. The molecule has 1 aromatic heterocycles. The van der Waals surface area contributed by atoms with Gasteiger partial charge in [0.25, 0.3) is 0 Å². The highest BCUT2D eigenvalue weighted by atomic mass is 16.6. The predicted molar refractivity (Wildman–Crippen MR) is 78.1 cm³/mol. The Morgan fingerprint density at radius 2 is 2.05 bits per heavy atom. The maximum Gasteiger partial charge on any atom is 0.410 e. The van der Waals surface area contributed by atoms with Gasteiger partial charge in [0.2, 0.25) is 0 Å². The molecule has 116 valence electrons. The van der Waals surface area contributed by atoms with Crippen molar-refractivity contribution in [2.24, 2.45) is 0 Å². The van der Waals surface area contributed by atoms with Crippen molar-refractivity contribution in [1.82, 2.24) is 14.9 Å². The molecule has 1 fully saturated rings. The lowest BCUT2D eigenvalue weighted by molar-refractivity contribution is 0.00306. The van der Waals surface area contributed by atoms with Crippen molar-refractivity contribution in [3.63, 3.8) is 0 Å². The number of piperidine rings is 1. The van der Waals surface area contributed by atoms with Crippen LogP contribution in [0.2, 0.25) is 0 Å². The zero-order chi connectivity index (χ0) is 15.3. The molecule has 1 atom stereocenters. The maximum atomic E-state index is 12.3. The number of hydrogen-bond donors (Lipinski definition) is 0. The van der Waals surface area contributed by atoms with E-state index in [1.165, 1.54) is 0 Å². The van der Waals surface area contributed by atoms with Crippen molar-refractivity contribution in [2.75, 3.05) is 13.2 Å². The van der Waals surface area contributed by atoms with Crippen LogP contribution in [0.3, 0.4) is 0 Å². The monoisotopic (exact) mass is 293 g/mol. The standard InChI is InChI=1S/C15H23N3O3/c1-15(2,3)21-14(19)18-10-5-4-7-12(18)11-20-13-16-8-6-9-17-13/h6,8-9,12H,4-5,7,10-11H2,1-3H3. The van der Waals surface area contributed by atoms with E-state index in [1.54, 1.807) is 23.4 Å². The fourth-order valence-corrected chi connectivity index (χ4v) is 2.27. The van der Waals surface area contributed by atoms with Crippen LogP contribution in [0.15, 0.2) is 18.5 Å². The second-order valence-corrected chi connectivity index (χ2v) is 6.17. The Morgan fingerprint density at radius 3 is 2.71 bits per heavy atom. The number of rotatable bonds is 3. The Hall–Kier alpha value is -1.85. The topological polar surface area (TPSA) is 64.5 Å². The molecule has 1 saturated heterocycles.